The van der Waals surface area contributed by atoms with Crippen molar-refractivity contribution in [1.82, 2.24) is 0 Å². The van der Waals surface area contributed by atoms with Gasteiger partial charge in [0.1, 0.15) is 5.75 Å². The zero-order valence-corrected chi connectivity index (χ0v) is 11.2. The number of ether oxygens (including phenoxy) is 1. The van der Waals surface area contributed by atoms with Gasteiger partial charge in [-0.25, -0.2) is 4.79 Å². The molecule has 0 aliphatic rings. The Morgan fingerprint density at radius 3 is 2.37 bits per heavy atom. The van der Waals surface area contributed by atoms with Gasteiger partial charge in [-0.15, -0.1) is 0 Å². The van der Waals surface area contributed by atoms with E-state index in [1.165, 1.54) is 13.2 Å². The number of carbonyl (C=O) groups is 2. The van der Waals surface area contributed by atoms with Crippen LogP contribution >= 0.6 is 0 Å². The molecule has 0 radical (unpaired) electrons. The van der Waals surface area contributed by atoms with Crippen LogP contribution in [0.5, 0.6) is 5.75 Å². The van der Waals surface area contributed by atoms with Crippen molar-refractivity contribution in [3.8, 4) is 5.75 Å². The Bertz CT molecular complexity index is 463. The van der Waals surface area contributed by atoms with Crippen molar-refractivity contribution >= 4 is 18.0 Å². The van der Waals surface area contributed by atoms with Gasteiger partial charge in [0.05, 0.1) is 13.5 Å². The molecule has 5 nitrogen and oxygen atoms in total. The Kier molecular flexibility index (Phi) is 7.68. The Balaban J connectivity index is 0.00000154. The number of hydrogen-bond acceptors (Lipinski definition) is 3. The summed E-state index contributed by atoms with van der Waals surface area (Å²) in [6.07, 6.45) is 2.22. The largest absolute Gasteiger partial charge is 0.496 e. The van der Waals surface area contributed by atoms with Gasteiger partial charge in [0.15, 0.2) is 0 Å². The van der Waals surface area contributed by atoms with Gasteiger partial charge in [0.25, 0.3) is 0 Å². The fraction of sp³-hybridized carbons (Fsp3) is 0.286. The molecule has 104 valence electrons. The lowest BCUT2D eigenvalue weighted by Crippen LogP contribution is -2.02. The third-order valence-corrected chi connectivity index (χ3v) is 2.06. The SMILES string of the molecule is CC.COc1ccc(/C=C/C(=O)O)cc1CC(=O)O. The van der Waals surface area contributed by atoms with Gasteiger partial charge in [-0.3, -0.25) is 4.79 Å². The molecule has 0 aliphatic heterocycles. The van der Waals surface area contributed by atoms with E-state index in [-0.39, 0.29) is 6.42 Å². The van der Waals surface area contributed by atoms with Gasteiger partial charge in [0.2, 0.25) is 0 Å². The number of benzene rings is 1. The van der Waals surface area contributed by atoms with E-state index in [1.807, 2.05) is 13.8 Å². The molecule has 0 heterocycles. The molecule has 2 N–H and O–H groups in total. The summed E-state index contributed by atoms with van der Waals surface area (Å²) in [7, 11) is 1.45. The van der Waals surface area contributed by atoms with E-state index in [1.54, 1.807) is 18.2 Å². The highest BCUT2D eigenvalue weighted by Gasteiger charge is 2.07. The number of rotatable bonds is 5. The smallest absolute Gasteiger partial charge is 0.328 e. The lowest BCUT2D eigenvalue weighted by Gasteiger charge is -2.07. The lowest BCUT2D eigenvalue weighted by atomic mass is 10.1. The second-order valence-electron chi connectivity index (χ2n) is 3.31. The number of aliphatic carboxylic acids is 2. The van der Waals surface area contributed by atoms with E-state index in [9.17, 15) is 9.59 Å². The number of hydrogen-bond donors (Lipinski definition) is 2. The van der Waals surface area contributed by atoms with E-state index in [4.69, 9.17) is 14.9 Å². The zero-order valence-electron chi connectivity index (χ0n) is 11.2. The third kappa shape index (κ3) is 6.26. The third-order valence-electron chi connectivity index (χ3n) is 2.06. The molecule has 0 saturated carbocycles. The first kappa shape index (κ1) is 16.7. The van der Waals surface area contributed by atoms with Crippen LogP contribution in [0.4, 0.5) is 0 Å². The summed E-state index contributed by atoms with van der Waals surface area (Å²) in [5.41, 5.74) is 1.12. The summed E-state index contributed by atoms with van der Waals surface area (Å²) < 4.78 is 5.02. The zero-order chi connectivity index (χ0) is 14.8. The molecule has 1 aromatic carbocycles. The lowest BCUT2D eigenvalue weighted by molar-refractivity contribution is -0.136. The van der Waals surface area contributed by atoms with Crippen LogP contribution in [-0.4, -0.2) is 29.3 Å². The van der Waals surface area contributed by atoms with Crippen LogP contribution in [0.3, 0.4) is 0 Å². The summed E-state index contributed by atoms with van der Waals surface area (Å²) in [5, 5.41) is 17.2. The Morgan fingerprint density at radius 1 is 1.26 bits per heavy atom. The normalized spacial score (nSPS) is 9.63. The van der Waals surface area contributed by atoms with Crippen molar-refractivity contribution < 1.29 is 24.5 Å². The predicted molar refractivity (Wildman–Crippen MR) is 72.4 cm³/mol. The van der Waals surface area contributed by atoms with Crippen LogP contribution in [0.25, 0.3) is 6.08 Å². The molecule has 1 aromatic rings. The Hall–Kier alpha value is -2.30. The van der Waals surface area contributed by atoms with Crippen molar-refractivity contribution in [3.63, 3.8) is 0 Å². The molecule has 0 fully saturated rings. The van der Waals surface area contributed by atoms with E-state index >= 15 is 0 Å². The average Bonchev–Trinajstić information content (AvgIpc) is 2.38. The number of methoxy groups -OCH3 is 1. The second kappa shape index (κ2) is 8.74. The molecule has 5 heteroatoms. The van der Waals surface area contributed by atoms with E-state index < -0.39 is 11.9 Å². The van der Waals surface area contributed by atoms with Gasteiger partial charge < -0.3 is 14.9 Å². The topological polar surface area (TPSA) is 83.8 Å². The molecular formula is C14H18O5. The maximum atomic E-state index is 10.6. The van der Waals surface area contributed by atoms with E-state index in [0.29, 0.717) is 16.9 Å². The first-order chi connectivity index (χ1) is 9.02. The molecule has 0 spiro atoms. The quantitative estimate of drug-likeness (QED) is 0.800. The van der Waals surface area contributed by atoms with Crippen LogP contribution in [0.15, 0.2) is 24.3 Å². The number of carboxylic acids is 2. The Labute approximate surface area is 112 Å². The predicted octanol–water partition coefficient (Wildman–Crippen LogP) is 2.45. The van der Waals surface area contributed by atoms with Crippen LogP contribution in [-0.2, 0) is 16.0 Å². The first-order valence-corrected chi connectivity index (χ1v) is 5.82. The van der Waals surface area contributed by atoms with Crippen LogP contribution < -0.4 is 4.74 Å². The molecule has 0 aliphatic carbocycles. The van der Waals surface area contributed by atoms with Crippen molar-refractivity contribution in [1.29, 1.82) is 0 Å². The van der Waals surface area contributed by atoms with Crippen LogP contribution in [0.1, 0.15) is 25.0 Å². The highest BCUT2D eigenvalue weighted by atomic mass is 16.5. The summed E-state index contributed by atoms with van der Waals surface area (Å²) in [5.74, 6) is -1.55. The molecule has 1 rings (SSSR count). The first-order valence-electron chi connectivity index (χ1n) is 5.82. The van der Waals surface area contributed by atoms with Crippen molar-refractivity contribution in [2.45, 2.75) is 20.3 Å². The van der Waals surface area contributed by atoms with Crippen LogP contribution in [0.2, 0.25) is 0 Å². The second-order valence-corrected chi connectivity index (χ2v) is 3.31. The maximum Gasteiger partial charge on any atom is 0.328 e. The standard InChI is InChI=1S/C12H12O5.C2H6/c1-17-10-4-2-8(3-5-11(13)14)6-9(10)7-12(15)16;1-2/h2-6H,7H2,1H3,(H,13,14)(H,15,16);1-2H3/b5-3+;. The minimum Gasteiger partial charge on any atom is -0.496 e. The van der Waals surface area contributed by atoms with E-state index in [2.05, 4.69) is 0 Å². The maximum absolute atomic E-state index is 10.6. The molecular weight excluding hydrogens is 248 g/mol. The minimum absolute atomic E-state index is 0.169. The molecule has 0 unspecified atom stereocenters. The summed E-state index contributed by atoms with van der Waals surface area (Å²) in [6, 6.07) is 4.86. The summed E-state index contributed by atoms with van der Waals surface area (Å²) >= 11 is 0. The van der Waals surface area contributed by atoms with Crippen LogP contribution in [0, 0.1) is 0 Å². The van der Waals surface area contributed by atoms with E-state index in [0.717, 1.165) is 6.08 Å². The minimum atomic E-state index is -1.05. The molecule has 0 bridgehead atoms. The van der Waals surface area contributed by atoms with Crippen molar-refractivity contribution in [2.24, 2.45) is 0 Å². The van der Waals surface area contributed by atoms with Gasteiger partial charge in [-0.2, -0.15) is 0 Å². The summed E-state index contributed by atoms with van der Waals surface area (Å²) in [6.45, 7) is 4.00. The number of carboxylic acid groups (broad SMARTS) is 2. The van der Waals surface area contributed by atoms with Gasteiger partial charge in [0, 0.05) is 11.6 Å². The van der Waals surface area contributed by atoms with Gasteiger partial charge >= 0.3 is 11.9 Å². The molecule has 19 heavy (non-hydrogen) atoms. The molecule has 0 saturated heterocycles. The summed E-state index contributed by atoms with van der Waals surface area (Å²) in [4.78, 5) is 21.0. The molecule has 0 atom stereocenters. The fourth-order valence-electron chi connectivity index (χ4n) is 1.37. The highest BCUT2D eigenvalue weighted by molar-refractivity contribution is 5.85. The van der Waals surface area contributed by atoms with Crippen molar-refractivity contribution in [2.75, 3.05) is 7.11 Å². The highest BCUT2D eigenvalue weighted by Crippen LogP contribution is 2.21. The molecule has 0 aromatic heterocycles. The van der Waals surface area contributed by atoms with Gasteiger partial charge in [-0.05, 0) is 23.8 Å². The van der Waals surface area contributed by atoms with Crippen molar-refractivity contribution in [3.05, 3.63) is 35.4 Å². The van der Waals surface area contributed by atoms with Gasteiger partial charge in [-0.1, -0.05) is 19.9 Å². The average molecular weight is 266 g/mol. The monoisotopic (exact) mass is 266 g/mol. The fourth-order valence-corrected chi connectivity index (χ4v) is 1.37. The Morgan fingerprint density at radius 2 is 1.89 bits per heavy atom. The molecule has 0 amide bonds.